The van der Waals surface area contributed by atoms with E-state index in [1.807, 2.05) is 12.1 Å². The van der Waals surface area contributed by atoms with Gasteiger partial charge in [0.2, 0.25) is 0 Å². The molecule has 144 valence electrons. The van der Waals surface area contributed by atoms with Gasteiger partial charge in [0.15, 0.2) is 0 Å². The van der Waals surface area contributed by atoms with Crippen LogP contribution in [-0.4, -0.2) is 44.0 Å². The number of nitrogens with zero attached hydrogens (tertiary/aromatic N) is 4. The minimum atomic E-state index is -0.203. The number of nitrogens with one attached hydrogen (secondary N) is 1. The number of likely N-dealkylation sites (tertiary alicyclic amines) is 1. The summed E-state index contributed by atoms with van der Waals surface area (Å²) < 4.78 is 5.14. The van der Waals surface area contributed by atoms with Crippen molar-refractivity contribution in [2.24, 2.45) is 0 Å². The third kappa shape index (κ3) is 3.45. The number of hydrogen-bond donors (Lipinski definition) is 1. The summed E-state index contributed by atoms with van der Waals surface area (Å²) in [7, 11) is 0. The Hall–Kier alpha value is -3.29. The zero-order chi connectivity index (χ0) is 19.7. The quantitative estimate of drug-likeness (QED) is 0.749. The molecule has 3 aromatic rings. The molecule has 0 radical (unpaired) electrons. The lowest BCUT2D eigenvalue weighted by Crippen LogP contribution is -2.40. The number of aromatic amines is 1. The van der Waals surface area contributed by atoms with Gasteiger partial charge in [0, 0.05) is 43.0 Å². The maximum absolute atomic E-state index is 13.0. The normalized spacial score (nSPS) is 16.9. The molecule has 0 aromatic carbocycles. The van der Waals surface area contributed by atoms with Gasteiger partial charge in [-0.05, 0) is 38.8 Å². The average molecular weight is 379 g/mol. The van der Waals surface area contributed by atoms with Crippen LogP contribution in [0.1, 0.15) is 46.4 Å². The monoisotopic (exact) mass is 379 g/mol. The first-order valence-corrected chi connectivity index (χ1v) is 9.26. The second-order valence-electron chi connectivity index (χ2n) is 7.04. The Morgan fingerprint density at radius 3 is 2.79 bits per heavy atom. The minimum absolute atomic E-state index is 0.0346. The Bertz CT molecular complexity index is 1040. The lowest BCUT2D eigenvalue weighted by Gasteiger charge is -2.32. The molecule has 4 rings (SSSR count). The summed E-state index contributed by atoms with van der Waals surface area (Å²) in [4.78, 5) is 38.5. The number of aryl methyl sites for hydroxylation is 2. The van der Waals surface area contributed by atoms with Crippen molar-refractivity contribution in [3.05, 3.63) is 63.8 Å². The van der Waals surface area contributed by atoms with Crippen LogP contribution >= 0.6 is 0 Å². The molecular formula is C20H21N5O3. The van der Waals surface area contributed by atoms with E-state index in [9.17, 15) is 9.59 Å². The largest absolute Gasteiger partial charge is 0.361 e. The Balaban J connectivity index is 1.61. The van der Waals surface area contributed by atoms with Crippen molar-refractivity contribution < 1.29 is 9.32 Å². The van der Waals surface area contributed by atoms with Gasteiger partial charge in [-0.15, -0.1) is 0 Å². The van der Waals surface area contributed by atoms with Gasteiger partial charge in [0.05, 0.1) is 11.4 Å². The topological polar surface area (TPSA) is 105 Å². The molecule has 1 atom stereocenters. The molecule has 1 amide bonds. The number of amides is 1. The van der Waals surface area contributed by atoms with Gasteiger partial charge in [-0.3, -0.25) is 14.6 Å². The standard InChI is InChI=1S/C20H21N5O3/c1-12-18(13(2)28-24-12)20(27)25-9-3-4-15(11-25)19-22-16(10-17(26)23-19)14-5-7-21-8-6-14/h5-8,10,15H,3-4,9,11H2,1-2H3,(H,22,23,26). The van der Waals surface area contributed by atoms with E-state index in [0.717, 1.165) is 18.4 Å². The van der Waals surface area contributed by atoms with Gasteiger partial charge in [-0.1, -0.05) is 5.16 Å². The van der Waals surface area contributed by atoms with Crippen LogP contribution < -0.4 is 5.56 Å². The summed E-state index contributed by atoms with van der Waals surface area (Å²) >= 11 is 0. The molecule has 8 nitrogen and oxygen atoms in total. The number of aromatic nitrogens is 4. The minimum Gasteiger partial charge on any atom is -0.361 e. The van der Waals surface area contributed by atoms with E-state index in [2.05, 4.69) is 20.1 Å². The van der Waals surface area contributed by atoms with E-state index in [1.165, 1.54) is 6.07 Å². The maximum Gasteiger partial charge on any atom is 0.259 e. The Labute approximate surface area is 161 Å². The van der Waals surface area contributed by atoms with Crippen molar-refractivity contribution >= 4 is 5.91 Å². The van der Waals surface area contributed by atoms with Crippen LogP contribution in [0, 0.1) is 13.8 Å². The average Bonchev–Trinajstić information content (AvgIpc) is 3.06. The Morgan fingerprint density at radius 1 is 1.29 bits per heavy atom. The highest BCUT2D eigenvalue weighted by Gasteiger charge is 2.30. The van der Waals surface area contributed by atoms with Gasteiger partial charge in [-0.2, -0.15) is 0 Å². The Kier molecular flexibility index (Phi) is 4.77. The van der Waals surface area contributed by atoms with Crippen molar-refractivity contribution in [1.29, 1.82) is 0 Å². The molecule has 1 fully saturated rings. The van der Waals surface area contributed by atoms with E-state index >= 15 is 0 Å². The number of hydrogen-bond acceptors (Lipinski definition) is 6. The highest BCUT2D eigenvalue weighted by atomic mass is 16.5. The molecule has 0 aliphatic carbocycles. The molecule has 8 heteroatoms. The van der Waals surface area contributed by atoms with Gasteiger partial charge >= 0.3 is 0 Å². The molecule has 1 N–H and O–H groups in total. The van der Waals surface area contributed by atoms with Crippen molar-refractivity contribution in [2.75, 3.05) is 13.1 Å². The molecule has 1 aliphatic heterocycles. The summed E-state index contributed by atoms with van der Waals surface area (Å²) in [6.45, 7) is 4.66. The number of piperidine rings is 1. The highest BCUT2D eigenvalue weighted by molar-refractivity contribution is 5.96. The summed E-state index contributed by atoms with van der Waals surface area (Å²) in [6, 6.07) is 5.12. The summed E-state index contributed by atoms with van der Waals surface area (Å²) in [5.74, 6) is 1.01. The lowest BCUT2D eigenvalue weighted by molar-refractivity contribution is 0.0702. The highest BCUT2D eigenvalue weighted by Crippen LogP contribution is 2.27. The van der Waals surface area contributed by atoms with Crippen LogP contribution in [0.25, 0.3) is 11.3 Å². The smallest absolute Gasteiger partial charge is 0.259 e. The van der Waals surface area contributed by atoms with Crippen molar-refractivity contribution in [3.63, 3.8) is 0 Å². The molecule has 1 saturated heterocycles. The van der Waals surface area contributed by atoms with E-state index < -0.39 is 0 Å². The molecule has 0 saturated carbocycles. The van der Waals surface area contributed by atoms with Gasteiger partial charge in [0.25, 0.3) is 11.5 Å². The molecule has 4 heterocycles. The van der Waals surface area contributed by atoms with Crippen LogP contribution in [0.2, 0.25) is 0 Å². The zero-order valence-corrected chi connectivity index (χ0v) is 15.8. The Morgan fingerprint density at radius 2 is 2.07 bits per heavy atom. The molecule has 0 spiro atoms. The van der Waals surface area contributed by atoms with Crippen molar-refractivity contribution in [3.8, 4) is 11.3 Å². The third-order valence-corrected chi connectivity index (χ3v) is 5.08. The lowest BCUT2D eigenvalue weighted by atomic mass is 9.96. The van der Waals surface area contributed by atoms with Gasteiger partial charge in [-0.25, -0.2) is 4.98 Å². The van der Waals surface area contributed by atoms with Crippen LogP contribution in [0.3, 0.4) is 0 Å². The molecule has 3 aromatic heterocycles. The molecule has 0 bridgehead atoms. The van der Waals surface area contributed by atoms with E-state index in [-0.39, 0.29) is 17.4 Å². The van der Waals surface area contributed by atoms with Crippen LogP contribution in [-0.2, 0) is 0 Å². The zero-order valence-electron chi connectivity index (χ0n) is 15.8. The van der Waals surface area contributed by atoms with E-state index in [1.54, 1.807) is 31.1 Å². The fraction of sp³-hybridized carbons (Fsp3) is 0.350. The maximum atomic E-state index is 13.0. The summed E-state index contributed by atoms with van der Waals surface area (Å²) in [5.41, 5.74) is 2.35. The first-order valence-electron chi connectivity index (χ1n) is 9.26. The van der Waals surface area contributed by atoms with Crippen LogP contribution in [0.5, 0.6) is 0 Å². The predicted octanol–water partition coefficient (Wildman–Crippen LogP) is 2.46. The summed E-state index contributed by atoms with van der Waals surface area (Å²) in [6.07, 6.45) is 5.03. The summed E-state index contributed by atoms with van der Waals surface area (Å²) in [5, 5.41) is 3.88. The van der Waals surface area contributed by atoms with Crippen LogP contribution in [0.4, 0.5) is 0 Å². The molecular weight excluding hydrogens is 358 g/mol. The van der Waals surface area contributed by atoms with Gasteiger partial charge < -0.3 is 14.4 Å². The second kappa shape index (κ2) is 7.38. The SMILES string of the molecule is Cc1noc(C)c1C(=O)N1CCCC(c2nc(-c3ccncc3)cc(=O)[nH]2)C1. The molecule has 28 heavy (non-hydrogen) atoms. The predicted molar refractivity (Wildman–Crippen MR) is 102 cm³/mol. The number of pyridine rings is 1. The number of H-pyrrole nitrogens is 1. The van der Waals surface area contributed by atoms with E-state index in [4.69, 9.17) is 4.52 Å². The first-order chi connectivity index (χ1) is 13.5. The first kappa shape index (κ1) is 18.1. The van der Waals surface area contributed by atoms with Crippen molar-refractivity contribution in [1.82, 2.24) is 25.0 Å². The second-order valence-corrected chi connectivity index (χ2v) is 7.04. The number of carbonyl (C=O) groups is 1. The third-order valence-electron chi connectivity index (χ3n) is 5.08. The van der Waals surface area contributed by atoms with E-state index in [0.29, 0.717) is 41.6 Å². The number of rotatable bonds is 3. The van der Waals surface area contributed by atoms with Gasteiger partial charge in [0.1, 0.15) is 17.1 Å². The molecule has 1 unspecified atom stereocenters. The molecule has 1 aliphatic rings. The van der Waals surface area contributed by atoms with Crippen molar-refractivity contribution in [2.45, 2.75) is 32.6 Å². The fourth-order valence-corrected chi connectivity index (χ4v) is 3.67. The fourth-order valence-electron chi connectivity index (χ4n) is 3.67. The van der Waals surface area contributed by atoms with Crippen LogP contribution in [0.15, 0.2) is 39.9 Å². The number of carbonyl (C=O) groups excluding carboxylic acids is 1.